The van der Waals surface area contributed by atoms with E-state index in [-0.39, 0.29) is 5.91 Å². The van der Waals surface area contributed by atoms with E-state index in [0.29, 0.717) is 5.56 Å². The molecule has 0 N–H and O–H groups in total. The summed E-state index contributed by atoms with van der Waals surface area (Å²) in [7, 11) is 0. The van der Waals surface area contributed by atoms with Gasteiger partial charge in [-0.25, -0.2) is 0 Å². The zero-order valence-corrected chi connectivity index (χ0v) is 14.5. The molecule has 1 aromatic heterocycles. The van der Waals surface area contributed by atoms with Crippen molar-refractivity contribution < 1.29 is 4.79 Å². The third-order valence-electron chi connectivity index (χ3n) is 4.33. The molecular formula is C23H18N2O. The number of aryl methyl sites for hydroxylation is 1. The number of pyridine rings is 1. The van der Waals surface area contributed by atoms with Crippen molar-refractivity contribution in [1.29, 1.82) is 0 Å². The number of carbonyl (C=O) groups is 1. The highest BCUT2D eigenvalue weighted by molar-refractivity contribution is 6.14. The van der Waals surface area contributed by atoms with Crippen molar-refractivity contribution in [3.05, 3.63) is 102 Å². The Labute approximate surface area is 152 Å². The number of anilines is 2. The Bertz CT molecular complexity index is 1070. The molecule has 4 aromatic rings. The van der Waals surface area contributed by atoms with E-state index < -0.39 is 0 Å². The number of para-hydroxylation sites is 2. The first-order valence-corrected chi connectivity index (χ1v) is 8.54. The van der Waals surface area contributed by atoms with Crippen molar-refractivity contribution in [2.24, 2.45) is 0 Å². The highest BCUT2D eigenvalue weighted by Gasteiger charge is 2.22. The molecule has 0 radical (unpaired) electrons. The summed E-state index contributed by atoms with van der Waals surface area (Å²) in [6.45, 7) is 1.99. The predicted octanol–water partition coefficient (Wildman–Crippen LogP) is 5.52. The van der Waals surface area contributed by atoms with Gasteiger partial charge in [-0.05, 0) is 43.3 Å². The predicted molar refractivity (Wildman–Crippen MR) is 106 cm³/mol. The topological polar surface area (TPSA) is 33.2 Å². The summed E-state index contributed by atoms with van der Waals surface area (Å²) < 4.78 is 0. The maximum absolute atomic E-state index is 13.4. The fourth-order valence-corrected chi connectivity index (χ4v) is 3.12. The smallest absolute Gasteiger partial charge is 0.262 e. The number of rotatable bonds is 3. The van der Waals surface area contributed by atoms with Gasteiger partial charge in [-0.15, -0.1) is 0 Å². The monoisotopic (exact) mass is 338 g/mol. The lowest BCUT2D eigenvalue weighted by molar-refractivity contribution is 0.0999. The minimum atomic E-state index is -0.0712. The van der Waals surface area contributed by atoms with Gasteiger partial charge in [0.25, 0.3) is 5.91 Å². The minimum Gasteiger partial charge on any atom is -0.275 e. The fraction of sp³-hybridized carbons (Fsp3) is 0.0435. The van der Waals surface area contributed by atoms with E-state index in [0.717, 1.165) is 27.8 Å². The van der Waals surface area contributed by atoms with Crippen LogP contribution in [0.1, 0.15) is 15.9 Å². The number of hydrogen-bond acceptors (Lipinski definition) is 2. The summed E-state index contributed by atoms with van der Waals surface area (Å²) in [5.74, 6) is -0.0712. The molecular weight excluding hydrogens is 320 g/mol. The second-order valence-corrected chi connectivity index (χ2v) is 6.20. The molecule has 0 atom stereocenters. The van der Waals surface area contributed by atoms with E-state index >= 15 is 0 Å². The summed E-state index contributed by atoms with van der Waals surface area (Å²) >= 11 is 0. The maximum Gasteiger partial charge on any atom is 0.262 e. The first kappa shape index (κ1) is 16.0. The number of nitrogens with zero attached hydrogens (tertiary/aromatic N) is 2. The average Bonchev–Trinajstić information content (AvgIpc) is 2.69. The molecule has 3 heteroatoms. The SMILES string of the molecule is Cc1cccc(C(=O)N(c2ccccc2)c2cccc3cccnc23)c1. The van der Waals surface area contributed by atoms with E-state index in [9.17, 15) is 4.79 Å². The highest BCUT2D eigenvalue weighted by atomic mass is 16.2. The highest BCUT2D eigenvalue weighted by Crippen LogP contribution is 2.32. The van der Waals surface area contributed by atoms with Crippen LogP contribution in [0.5, 0.6) is 0 Å². The number of benzene rings is 3. The van der Waals surface area contributed by atoms with E-state index in [1.807, 2.05) is 91.9 Å². The minimum absolute atomic E-state index is 0.0712. The Hall–Kier alpha value is -3.46. The molecule has 1 amide bonds. The van der Waals surface area contributed by atoms with Gasteiger partial charge >= 0.3 is 0 Å². The van der Waals surface area contributed by atoms with Crippen LogP contribution in [-0.2, 0) is 0 Å². The van der Waals surface area contributed by atoms with Crippen LogP contribution in [-0.4, -0.2) is 10.9 Å². The van der Waals surface area contributed by atoms with Crippen LogP contribution in [0.2, 0.25) is 0 Å². The Morgan fingerprint density at radius 2 is 1.62 bits per heavy atom. The maximum atomic E-state index is 13.4. The van der Waals surface area contributed by atoms with E-state index in [2.05, 4.69) is 4.98 Å². The lowest BCUT2D eigenvalue weighted by Gasteiger charge is -2.24. The molecule has 0 aliphatic rings. The molecule has 4 rings (SSSR count). The third-order valence-corrected chi connectivity index (χ3v) is 4.33. The van der Waals surface area contributed by atoms with Gasteiger partial charge in [0, 0.05) is 22.8 Å². The largest absolute Gasteiger partial charge is 0.275 e. The van der Waals surface area contributed by atoms with Crippen LogP contribution < -0.4 is 4.90 Å². The standard InChI is InChI=1S/C23H18N2O/c1-17-8-5-10-19(16-17)23(26)25(20-12-3-2-4-13-20)21-14-6-9-18-11-7-15-24-22(18)21/h2-16H,1H3. The van der Waals surface area contributed by atoms with Crippen LogP contribution in [0.4, 0.5) is 11.4 Å². The second-order valence-electron chi connectivity index (χ2n) is 6.20. The van der Waals surface area contributed by atoms with Crippen LogP contribution in [0.25, 0.3) is 10.9 Å². The lowest BCUT2D eigenvalue weighted by Crippen LogP contribution is -2.26. The van der Waals surface area contributed by atoms with Crippen molar-refractivity contribution in [1.82, 2.24) is 4.98 Å². The van der Waals surface area contributed by atoms with Gasteiger partial charge in [0.1, 0.15) is 0 Å². The molecule has 26 heavy (non-hydrogen) atoms. The lowest BCUT2D eigenvalue weighted by atomic mass is 10.1. The Kier molecular flexibility index (Phi) is 4.20. The van der Waals surface area contributed by atoms with Crippen molar-refractivity contribution in [3.63, 3.8) is 0 Å². The summed E-state index contributed by atoms with van der Waals surface area (Å²) in [4.78, 5) is 19.7. The summed E-state index contributed by atoms with van der Waals surface area (Å²) in [6.07, 6.45) is 1.76. The van der Waals surface area contributed by atoms with Gasteiger partial charge in [-0.1, -0.05) is 54.1 Å². The molecule has 0 spiro atoms. The molecule has 1 heterocycles. The first-order valence-electron chi connectivity index (χ1n) is 8.54. The average molecular weight is 338 g/mol. The molecule has 0 saturated heterocycles. The van der Waals surface area contributed by atoms with Gasteiger partial charge in [-0.2, -0.15) is 0 Å². The normalized spacial score (nSPS) is 10.7. The van der Waals surface area contributed by atoms with Crippen LogP contribution in [0.15, 0.2) is 91.1 Å². The summed E-state index contributed by atoms with van der Waals surface area (Å²) in [6, 6.07) is 27.2. The molecule has 126 valence electrons. The number of amides is 1. The van der Waals surface area contributed by atoms with Crippen molar-refractivity contribution in [2.45, 2.75) is 6.92 Å². The quantitative estimate of drug-likeness (QED) is 0.492. The van der Waals surface area contributed by atoms with E-state index in [4.69, 9.17) is 0 Å². The zero-order chi connectivity index (χ0) is 17.9. The van der Waals surface area contributed by atoms with E-state index in [1.54, 1.807) is 11.1 Å². The summed E-state index contributed by atoms with van der Waals surface area (Å²) in [5.41, 5.74) is 4.11. The molecule has 3 aromatic carbocycles. The summed E-state index contributed by atoms with van der Waals surface area (Å²) in [5, 5.41) is 1.00. The van der Waals surface area contributed by atoms with Crippen molar-refractivity contribution >= 4 is 28.2 Å². The number of hydrogen-bond donors (Lipinski definition) is 0. The Morgan fingerprint density at radius 1 is 0.846 bits per heavy atom. The second kappa shape index (κ2) is 6.81. The fourth-order valence-electron chi connectivity index (χ4n) is 3.12. The van der Waals surface area contributed by atoms with Gasteiger partial charge in [-0.3, -0.25) is 14.7 Å². The van der Waals surface area contributed by atoms with Crippen LogP contribution >= 0.6 is 0 Å². The zero-order valence-electron chi connectivity index (χ0n) is 14.5. The Balaban J connectivity index is 1.93. The number of carbonyl (C=O) groups excluding carboxylic acids is 1. The molecule has 0 aliphatic heterocycles. The Morgan fingerprint density at radius 3 is 2.42 bits per heavy atom. The van der Waals surface area contributed by atoms with Gasteiger partial charge in [0.2, 0.25) is 0 Å². The molecule has 0 aliphatic carbocycles. The molecule has 0 unspecified atom stereocenters. The van der Waals surface area contributed by atoms with Crippen molar-refractivity contribution in [2.75, 3.05) is 4.90 Å². The molecule has 0 bridgehead atoms. The van der Waals surface area contributed by atoms with Crippen molar-refractivity contribution in [3.8, 4) is 0 Å². The third kappa shape index (κ3) is 2.95. The molecule has 3 nitrogen and oxygen atoms in total. The van der Waals surface area contributed by atoms with E-state index in [1.165, 1.54) is 0 Å². The molecule has 0 saturated carbocycles. The number of aromatic nitrogens is 1. The number of fused-ring (bicyclic) bond motifs is 1. The van der Waals surface area contributed by atoms with Gasteiger partial charge in [0.15, 0.2) is 0 Å². The first-order chi connectivity index (χ1) is 12.7. The van der Waals surface area contributed by atoms with Crippen LogP contribution in [0.3, 0.4) is 0 Å². The van der Waals surface area contributed by atoms with Crippen LogP contribution in [0, 0.1) is 6.92 Å². The van der Waals surface area contributed by atoms with Gasteiger partial charge in [0.05, 0.1) is 11.2 Å². The molecule has 0 fully saturated rings. The van der Waals surface area contributed by atoms with Gasteiger partial charge < -0.3 is 0 Å².